The molecule has 24 heavy (non-hydrogen) atoms. The first-order chi connectivity index (χ1) is 11.6. The van der Waals surface area contributed by atoms with Crippen LogP contribution in [0.4, 0.5) is 21.0 Å². The van der Waals surface area contributed by atoms with E-state index in [-0.39, 0.29) is 0 Å². The van der Waals surface area contributed by atoms with Crippen molar-refractivity contribution in [1.29, 1.82) is 0 Å². The Bertz CT molecular complexity index is 742. The summed E-state index contributed by atoms with van der Waals surface area (Å²) in [4.78, 5) is 22.8. The fraction of sp³-hybridized carbons (Fsp3) is 0.111. The summed E-state index contributed by atoms with van der Waals surface area (Å²) in [5.41, 5.74) is 2.78. The van der Waals surface area contributed by atoms with Crippen LogP contribution in [0.3, 0.4) is 0 Å². The van der Waals surface area contributed by atoms with Crippen LogP contribution in [0.1, 0.15) is 11.1 Å². The molecule has 124 valence electrons. The Labute approximate surface area is 140 Å². The Balaban J connectivity index is 2.29. The second-order valence-corrected chi connectivity index (χ2v) is 4.78. The third kappa shape index (κ3) is 4.88. The van der Waals surface area contributed by atoms with Crippen molar-refractivity contribution in [3.05, 3.63) is 59.7 Å². The summed E-state index contributed by atoms with van der Waals surface area (Å²) < 4.78 is 9.18. The SMILES string of the molecule is COC(=O)Nc1ccc(/C=C/c2ccccc2)c(NC(=O)OC)c1. The molecule has 0 radical (unpaired) electrons. The van der Waals surface area contributed by atoms with Crippen LogP contribution in [-0.4, -0.2) is 26.4 Å². The number of amides is 2. The van der Waals surface area contributed by atoms with Crippen molar-refractivity contribution in [3.8, 4) is 0 Å². The van der Waals surface area contributed by atoms with E-state index >= 15 is 0 Å². The van der Waals surface area contributed by atoms with Gasteiger partial charge in [-0.05, 0) is 23.3 Å². The maximum Gasteiger partial charge on any atom is 0.411 e. The molecule has 2 N–H and O–H groups in total. The van der Waals surface area contributed by atoms with Crippen LogP contribution < -0.4 is 10.6 Å². The fourth-order valence-electron chi connectivity index (χ4n) is 1.97. The minimum atomic E-state index is -0.598. The zero-order valence-electron chi connectivity index (χ0n) is 13.4. The summed E-state index contributed by atoms with van der Waals surface area (Å²) in [5.74, 6) is 0. The van der Waals surface area contributed by atoms with Gasteiger partial charge in [-0.1, -0.05) is 48.6 Å². The molecule has 0 atom stereocenters. The van der Waals surface area contributed by atoms with Crippen molar-refractivity contribution in [3.63, 3.8) is 0 Å². The Morgan fingerprint density at radius 2 is 1.54 bits per heavy atom. The first-order valence-corrected chi connectivity index (χ1v) is 7.19. The summed E-state index contributed by atoms with van der Waals surface area (Å²) >= 11 is 0. The lowest BCUT2D eigenvalue weighted by molar-refractivity contribution is 0.186. The highest BCUT2D eigenvalue weighted by Gasteiger charge is 2.08. The van der Waals surface area contributed by atoms with E-state index in [0.717, 1.165) is 11.1 Å². The molecular weight excluding hydrogens is 308 g/mol. The van der Waals surface area contributed by atoms with Crippen LogP contribution in [0.2, 0.25) is 0 Å². The van der Waals surface area contributed by atoms with Crippen LogP contribution >= 0.6 is 0 Å². The van der Waals surface area contributed by atoms with E-state index in [4.69, 9.17) is 0 Å². The van der Waals surface area contributed by atoms with E-state index in [1.165, 1.54) is 14.2 Å². The lowest BCUT2D eigenvalue weighted by Gasteiger charge is -2.11. The molecule has 2 rings (SSSR count). The summed E-state index contributed by atoms with van der Waals surface area (Å²) in [7, 11) is 2.56. The van der Waals surface area contributed by atoms with Crippen molar-refractivity contribution >= 4 is 35.7 Å². The average molecular weight is 326 g/mol. The second kappa shape index (κ2) is 8.38. The Morgan fingerprint density at radius 1 is 0.875 bits per heavy atom. The number of rotatable bonds is 4. The van der Waals surface area contributed by atoms with E-state index in [1.807, 2.05) is 42.5 Å². The smallest absolute Gasteiger partial charge is 0.411 e. The molecule has 2 aromatic rings. The number of carbonyl (C=O) groups is 2. The predicted octanol–water partition coefficient (Wildman–Crippen LogP) is 4.21. The molecule has 2 aromatic carbocycles. The first-order valence-electron chi connectivity index (χ1n) is 7.19. The van der Waals surface area contributed by atoms with Crippen molar-refractivity contribution < 1.29 is 19.1 Å². The minimum absolute atomic E-state index is 0.491. The van der Waals surface area contributed by atoms with Gasteiger partial charge < -0.3 is 9.47 Å². The summed E-state index contributed by atoms with van der Waals surface area (Å²) in [6.45, 7) is 0. The van der Waals surface area contributed by atoms with E-state index in [1.54, 1.807) is 18.2 Å². The van der Waals surface area contributed by atoms with Gasteiger partial charge in [0.1, 0.15) is 0 Å². The standard InChI is InChI=1S/C18H18N2O4/c1-23-17(21)19-15-11-10-14(16(12-15)20-18(22)24-2)9-8-13-6-4-3-5-7-13/h3-12H,1-2H3,(H,19,21)(H,20,22)/b9-8+. The van der Waals surface area contributed by atoms with Crippen LogP contribution in [-0.2, 0) is 9.47 Å². The van der Waals surface area contributed by atoms with E-state index < -0.39 is 12.2 Å². The monoisotopic (exact) mass is 326 g/mol. The predicted molar refractivity (Wildman–Crippen MR) is 93.9 cm³/mol. The highest BCUT2D eigenvalue weighted by atomic mass is 16.5. The molecule has 0 aromatic heterocycles. The Morgan fingerprint density at radius 3 is 2.21 bits per heavy atom. The zero-order chi connectivity index (χ0) is 17.4. The highest BCUT2D eigenvalue weighted by molar-refractivity contribution is 5.92. The van der Waals surface area contributed by atoms with Gasteiger partial charge in [0, 0.05) is 5.69 Å². The molecule has 6 nitrogen and oxygen atoms in total. The van der Waals surface area contributed by atoms with Gasteiger partial charge in [-0.2, -0.15) is 0 Å². The number of ether oxygens (including phenoxy) is 2. The molecule has 0 fully saturated rings. The number of nitrogens with one attached hydrogen (secondary N) is 2. The topological polar surface area (TPSA) is 76.7 Å². The highest BCUT2D eigenvalue weighted by Crippen LogP contribution is 2.24. The minimum Gasteiger partial charge on any atom is -0.453 e. The number of hydrogen-bond donors (Lipinski definition) is 2. The normalized spacial score (nSPS) is 10.2. The zero-order valence-corrected chi connectivity index (χ0v) is 13.4. The summed E-state index contributed by atoms with van der Waals surface area (Å²) in [5, 5.41) is 5.17. The molecular formula is C18H18N2O4. The molecule has 6 heteroatoms. The maximum absolute atomic E-state index is 11.5. The van der Waals surface area contributed by atoms with Gasteiger partial charge in [0.05, 0.1) is 19.9 Å². The molecule has 0 aliphatic carbocycles. The number of carbonyl (C=O) groups excluding carboxylic acids is 2. The third-order valence-electron chi connectivity index (χ3n) is 3.16. The molecule has 0 saturated heterocycles. The molecule has 0 unspecified atom stereocenters. The quantitative estimate of drug-likeness (QED) is 0.825. The summed E-state index contributed by atoms with van der Waals surface area (Å²) in [6.07, 6.45) is 2.60. The van der Waals surface area contributed by atoms with Crippen LogP contribution in [0.5, 0.6) is 0 Å². The van der Waals surface area contributed by atoms with Crippen LogP contribution in [0.15, 0.2) is 48.5 Å². The van der Waals surface area contributed by atoms with E-state index in [2.05, 4.69) is 20.1 Å². The number of hydrogen-bond acceptors (Lipinski definition) is 4. The van der Waals surface area contributed by atoms with Gasteiger partial charge in [0.2, 0.25) is 0 Å². The Hall–Kier alpha value is -3.28. The lowest BCUT2D eigenvalue weighted by Crippen LogP contribution is -2.14. The molecule has 2 amide bonds. The first kappa shape index (κ1) is 17.1. The van der Waals surface area contributed by atoms with Crippen molar-refractivity contribution in [2.45, 2.75) is 0 Å². The number of methoxy groups -OCH3 is 2. The summed E-state index contributed by atoms with van der Waals surface area (Å²) in [6, 6.07) is 14.9. The fourth-order valence-corrected chi connectivity index (χ4v) is 1.97. The molecule has 0 spiro atoms. The largest absolute Gasteiger partial charge is 0.453 e. The maximum atomic E-state index is 11.5. The van der Waals surface area contributed by atoms with Crippen molar-refractivity contribution in [1.82, 2.24) is 0 Å². The molecule has 0 aliphatic rings. The van der Waals surface area contributed by atoms with Crippen molar-refractivity contribution in [2.75, 3.05) is 24.9 Å². The van der Waals surface area contributed by atoms with Gasteiger partial charge in [-0.3, -0.25) is 10.6 Å². The molecule has 0 bridgehead atoms. The number of benzene rings is 2. The van der Waals surface area contributed by atoms with Gasteiger partial charge in [0.15, 0.2) is 0 Å². The van der Waals surface area contributed by atoms with Gasteiger partial charge in [-0.25, -0.2) is 9.59 Å². The lowest BCUT2D eigenvalue weighted by atomic mass is 10.1. The van der Waals surface area contributed by atoms with Gasteiger partial charge in [0.25, 0.3) is 0 Å². The third-order valence-corrected chi connectivity index (χ3v) is 3.16. The Kier molecular flexibility index (Phi) is 5.96. The van der Waals surface area contributed by atoms with E-state index in [9.17, 15) is 9.59 Å². The number of anilines is 2. The van der Waals surface area contributed by atoms with Crippen molar-refractivity contribution in [2.24, 2.45) is 0 Å². The van der Waals surface area contributed by atoms with Gasteiger partial charge >= 0.3 is 12.2 Å². The molecule has 0 heterocycles. The molecule has 0 aliphatic heterocycles. The van der Waals surface area contributed by atoms with Gasteiger partial charge in [-0.15, -0.1) is 0 Å². The van der Waals surface area contributed by atoms with Crippen LogP contribution in [0.25, 0.3) is 12.2 Å². The average Bonchev–Trinajstić information content (AvgIpc) is 2.61. The van der Waals surface area contributed by atoms with Crippen LogP contribution in [0, 0.1) is 0 Å². The second-order valence-electron chi connectivity index (χ2n) is 4.78. The van der Waals surface area contributed by atoms with E-state index in [0.29, 0.717) is 11.4 Å². The molecule has 0 saturated carbocycles.